The molecule has 0 aromatic rings. The minimum Gasteiger partial charge on any atom is -0.457 e. The largest absolute Gasteiger partial charge is 0.472 e. The normalized spacial score (nSPS) is 14.3. The van der Waals surface area contributed by atoms with Crippen LogP contribution in [0.2, 0.25) is 0 Å². The highest BCUT2D eigenvalue weighted by atomic mass is 31.2. The zero-order valence-corrected chi connectivity index (χ0v) is 32.1. The van der Waals surface area contributed by atoms with Crippen molar-refractivity contribution in [2.24, 2.45) is 5.73 Å². The van der Waals surface area contributed by atoms with Crippen molar-refractivity contribution in [3.63, 3.8) is 0 Å². The molecule has 0 bridgehead atoms. The third kappa shape index (κ3) is 37.3. The molecule has 8 nitrogen and oxygen atoms in total. The molecule has 0 rings (SSSR count). The summed E-state index contributed by atoms with van der Waals surface area (Å²) in [7, 11) is -4.28. The van der Waals surface area contributed by atoms with Crippen LogP contribution in [0.5, 0.6) is 0 Å². The third-order valence-corrected chi connectivity index (χ3v) is 8.65. The predicted octanol–water partition coefficient (Wildman–Crippen LogP) is 11.0. The van der Waals surface area contributed by atoms with Gasteiger partial charge in [0.05, 0.1) is 19.8 Å². The van der Waals surface area contributed by atoms with Crippen molar-refractivity contribution < 1.29 is 32.8 Å². The first-order valence-electron chi connectivity index (χ1n) is 19.3. The van der Waals surface area contributed by atoms with Crippen LogP contribution in [-0.4, -0.2) is 49.9 Å². The molecule has 9 heteroatoms. The molecule has 0 fully saturated rings. The van der Waals surface area contributed by atoms with Crippen LogP contribution in [0, 0.1) is 0 Å². The van der Waals surface area contributed by atoms with E-state index < -0.39 is 13.9 Å². The Labute approximate surface area is 300 Å². The molecule has 0 aromatic heterocycles. The Kier molecular flexibility index (Phi) is 36.1. The van der Waals surface area contributed by atoms with Crippen LogP contribution in [0.25, 0.3) is 0 Å². The molecule has 3 N–H and O–H groups in total. The summed E-state index contributed by atoms with van der Waals surface area (Å²) in [5, 5.41) is 0. The number of hydrogen-bond acceptors (Lipinski definition) is 7. The van der Waals surface area contributed by atoms with Crippen molar-refractivity contribution in [1.29, 1.82) is 0 Å². The molecule has 0 aliphatic carbocycles. The van der Waals surface area contributed by atoms with Gasteiger partial charge in [0, 0.05) is 19.6 Å². The van der Waals surface area contributed by atoms with Crippen LogP contribution < -0.4 is 5.73 Å². The molecule has 0 saturated carbocycles. The highest BCUT2D eigenvalue weighted by Crippen LogP contribution is 2.43. The highest BCUT2D eigenvalue weighted by Gasteiger charge is 2.25. The maximum absolute atomic E-state index is 12.5. The van der Waals surface area contributed by atoms with Crippen molar-refractivity contribution in [2.45, 2.75) is 155 Å². The summed E-state index contributed by atoms with van der Waals surface area (Å²) in [6.45, 7) is 4.68. The number of esters is 1. The van der Waals surface area contributed by atoms with Crippen LogP contribution in [-0.2, 0) is 27.9 Å². The summed E-state index contributed by atoms with van der Waals surface area (Å²) >= 11 is 0. The van der Waals surface area contributed by atoms with E-state index in [0.717, 1.165) is 83.5 Å². The summed E-state index contributed by atoms with van der Waals surface area (Å²) < 4.78 is 33.3. The molecular formula is C40H72NO7P. The number of ether oxygens (including phenoxy) is 2. The molecule has 0 spiro atoms. The SMILES string of the molecule is CC/C=C\C/C=C\C/C=C\C/C=C\CCCCCOCC(COP(=O)(O)OCCN)OC(=O)CCCCCCC/C=C\CCCCCCC. The fourth-order valence-corrected chi connectivity index (χ4v) is 5.63. The maximum Gasteiger partial charge on any atom is 0.472 e. The van der Waals surface area contributed by atoms with Gasteiger partial charge in [-0.25, -0.2) is 4.57 Å². The van der Waals surface area contributed by atoms with Gasteiger partial charge in [-0.1, -0.05) is 126 Å². The number of nitrogens with two attached hydrogens (primary N) is 1. The van der Waals surface area contributed by atoms with Crippen LogP contribution >= 0.6 is 7.82 Å². The lowest BCUT2D eigenvalue weighted by Gasteiger charge is -2.20. The fourth-order valence-electron chi connectivity index (χ4n) is 4.86. The first kappa shape index (κ1) is 47.2. The zero-order chi connectivity index (χ0) is 35.9. The van der Waals surface area contributed by atoms with E-state index in [0.29, 0.717) is 13.0 Å². The highest BCUT2D eigenvalue weighted by molar-refractivity contribution is 7.47. The van der Waals surface area contributed by atoms with E-state index in [2.05, 4.69) is 74.6 Å². The van der Waals surface area contributed by atoms with Crippen molar-refractivity contribution >= 4 is 13.8 Å². The first-order chi connectivity index (χ1) is 23.9. The number of allylic oxidation sites excluding steroid dienone is 10. The number of rotatable bonds is 36. The van der Waals surface area contributed by atoms with Crippen molar-refractivity contribution in [2.75, 3.05) is 33.0 Å². The topological polar surface area (TPSA) is 117 Å². The lowest BCUT2D eigenvalue weighted by Crippen LogP contribution is -2.28. The van der Waals surface area contributed by atoms with E-state index in [9.17, 15) is 14.3 Å². The van der Waals surface area contributed by atoms with E-state index in [4.69, 9.17) is 24.3 Å². The summed E-state index contributed by atoms with van der Waals surface area (Å²) in [6, 6.07) is 0. The lowest BCUT2D eigenvalue weighted by atomic mass is 10.1. The molecule has 0 heterocycles. The monoisotopic (exact) mass is 710 g/mol. The molecule has 49 heavy (non-hydrogen) atoms. The molecule has 0 aliphatic rings. The fraction of sp³-hybridized carbons (Fsp3) is 0.725. The number of phosphoric acid groups is 1. The molecule has 0 radical (unpaired) electrons. The Bertz CT molecular complexity index is 932. The van der Waals surface area contributed by atoms with Gasteiger partial charge >= 0.3 is 13.8 Å². The van der Waals surface area contributed by atoms with E-state index in [1.165, 1.54) is 44.9 Å². The minimum atomic E-state index is -4.28. The lowest BCUT2D eigenvalue weighted by molar-refractivity contribution is -0.154. The number of carbonyl (C=O) groups is 1. The molecule has 0 aliphatic heterocycles. The van der Waals surface area contributed by atoms with Gasteiger partial charge in [0.15, 0.2) is 0 Å². The van der Waals surface area contributed by atoms with Gasteiger partial charge in [0.2, 0.25) is 0 Å². The summed E-state index contributed by atoms with van der Waals surface area (Å²) in [4.78, 5) is 22.4. The summed E-state index contributed by atoms with van der Waals surface area (Å²) in [5.41, 5.74) is 5.35. The van der Waals surface area contributed by atoms with Gasteiger partial charge in [-0.05, 0) is 77.0 Å². The number of phosphoric ester groups is 1. The molecular weight excluding hydrogens is 637 g/mol. The van der Waals surface area contributed by atoms with Crippen molar-refractivity contribution in [3.05, 3.63) is 60.8 Å². The van der Waals surface area contributed by atoms with E-state index in [1.54, 1.807) is 0 Å². The van der Waals surface area contributed by atoms with Gasteiger partial charge in [0.1, 0.15) is 6.10 Å². The predicted molar refractivity (Wildman–Crippen MR) is 205 cm³/mol. The number of unbranched alkanes of at least 4 members (excludes halogenated alkanes) is 13. The molecule has 0 saturated heterocycles. The van der Waals surface area contributed by atoms with E-state index in [1.807, 2.05) is 0 Å². The molecule has 0 aromatic carbocycles. The smallest absolute Gasteiger partial charge is 0.457 e. The summed E-state index contributed by atoms with van der Waals surface area (Å²) in [5.74, 6) is -0.354. The van der Waals surface area contributed by atoms with Crippen molar-refractivity contribution in [1.82, 2.24) is 0 Å². The standard InChI is InChI=1S/C40H72NO7P/c1-3-5-7-9-11-13-15-17-19-20-22-24-26-28-30-32-35-45-37-39(38-47-49(43,44)46-36-34-41)48-40(42)33-31-29-27-25-23-21-18-16-14-12-10-8-6-4-2/h5,7,11,13,16-19,22,24,39H,3-4,6,8-10,12,14-15,20-21,23,25-38,41H2,1-2H3,(H,43,44)/b7-5-,13-11-,18-16-,19-17-,24-22-. The summed E-state index contributed by atoms with van der Waals surface area (Å²) in [6.07, 6.45) is 43.8. The van der Waals surface area contributed by atoms with Crippen LogP contribution in [0.1, 0.15) is 149 Å². The van der Waals surface area contributed by atoms with E-state index in [-0.39, 0.29) is 32.3 Å². The second-order valence-electron chi connectivity index (χ2n) is 12.4. The van der Waals surface area contributed by atoms with Crippen molar-refractivity contribution in [3.8, 4) is 0 Å². The van der Waals surface area contributed by atoms with Gasteiger partial charge in [-0.3, -0.25) is 13.8 Å². The quantitative estimate of drug-likeness (QED) is 0.0286. The Morgan fingerprint density at radius 1 is 0.633 bits per heavy atom. The third-order valence-electron chi connectivity index (χ3n) is 7.67. The van der Waals surface area contributed by atoms with Crippen LogP contribution in [0.15, 0.2) is 60.8 Å². The van der Waals surface area contributed by atoms with Crippen LogP contribution in [0.3, 0.4) is 0 Å². The minimum absolute atomic E-state index is 0.0890. The Morgan fingerprint density at radius 3 is 1.73 bits per heavy atom. The van der Waals surface area contributed by atoms with Crippen LogP contribution in [0.4, 0.5) is 0 Å². The molecule has 284 valence electrons. The number of carbonyl (C=O) groups excluding carboxylic acids is 1. The second kappa shape index (κ2) is 37.5. The zero-order valence-electron chi connectivity index (χ0n) is 31.2. The van der Waals surface area contributed by atoms with Gasteiger partial charge < -0.3 is 20.1 Å². The van der Waals surface area contributed by atoms with E-state index >= 15 is 0 Å². The van der Waals surface area contributed by atoms with Gasteiger partial charge in [-0.15, -0.1) is 0 Å². The first-order valence-corrected chi connectivity index (χ1v) is 20.8. The van der Waals surface area contributed by atoms with Gasteiger partial charge in [0.25, 0.3) is 0 Å². The average Bonchev–Trinajstić information content (AvgIpc) is 3.09. The Hall–Kier alpha value is -1.80. The average molecular weight is 710 g/mol. The molecule has 0 amide bonds. The number of hydrogen-bond donors (Lipinski definition) is 2. The Balaban J connectivity index is 4.18. The molecule has 2 atom stereocenters. The Morgan fingerprint density at radius 2 is 1.14 bits per heavy atom. The maximum atomic E-state index is 12.5. The van der Waals surface area contributed by atoms with Gasteiger partial charge in [-0.2, -0.15) is 0 Å². The second-order valence-corrected chi connectivity index (χ2v) is 13.9. The molecule has 2 unspecified atom stereocenters.